The highest BCUT2D eigenvalue weighted by Gasteiger charge is 2.30. The Morgan fingerprint density at radius 3 is 0.854 bits per heavy atom. The smallest absolute Gasteiger partial charge is 0.462 e. The number of rotatable bonds is 68. The standard InChI is InChI=1S/C70H136O17P2/c1-8-10-11-12-13-14-15-16-17-18-19-22-31-39-46-53-69(74)86-65(57-80-67(72)51-44-37-30-23-20-21-27-34-41-48-61(3)4)59-84-88(76,77)82-55-64(71)56-83-89(78,79)85-60-66(58-81-68(73)52-45-38-33-26-28-35-42-49-62(5)6)87-70(75)54-47-40-32-25-24-29-36-43-50-63(7)9-2/h61-66,71H,8-60H2,1-7H3,(H,76,77)(H,78,79)/t63?,64-,65-,66-/m1/s1. The zero-order valence-electron chi connectivity index (χ0n) is 57.9. The van der Waals surface area contributed by atoms with Crippen LogP contribution in [-0.4, -0.2) is 96.7 Å². The van der Waals surface area contributed by atoms with Crippen LogP contribution >= 0.6 is 15.6 Å². The number of hydrogen-bond donors (Lipinski definition) is 3. The number of aliphatic hydroxyl groups is 1. The molecule has 0 bridgehead atoms. The third-order valence-electron chi connectivity index (χ3n) is 16.5. The minimum Gasteiger partial charge on any atom is -0.462 e. The van der Waals surface area contributed by atoms with Crippen LogP contribution in [0.3, 0.4) is 0 Å². The van der Waals surface area contributed by atoms with Crippen LogP contribution in [0.2, 0.25) is 0 Å². The van der Waals surface area contributed by atoms with Crippen LogP contribution in [0.1, 0.15) is 350 Å². The van der Waals surface area contributed by atoms with Gasteiger partial charge >= 0.3 is 39.5 Å². The van der Waals surface area contributed by atoms with Crippen LogP contribution in [0.15, 0.2) is 0 Å². The van der Waals surface area contributed by atoms with E-state index < -0.39 is 97.5 Å². The van der Waals surface area contributed by atoms with Gasteiger partial charge in [-0.2, -0.15) is 0 Å². The van der Waals surface area contributed by atoms with E-state index in [1.165, 1.54) is 154 Å². The van der Waals surface area contributed by atoms with Gasteiger partial charge in [0.05, 0.1) is 26.4 Å². The van der Waals surface area contributed by atoms with E-state index in [1.54, 1.807) is 0 Å². The van der Waals surface area contributed by atoms with Crippen LogP contribution in [0, 0.1) is 17.8 Å². The molecule has 528 valence electrons. The van der Waals surface area contributed by atoms with E-state index in [2.05, 4.69) is 48.5 Å². The monoisotopic (exact) mass is 1310 g/mol. The summed E-state index contributed by atoms with van der Waals surface area (Å²) in [6.07, 6.45) is 44.4. The molecule has 6 atom stereocenters. The van der Waals surface area contributed by atoms with Gasteiger partial charge in [0.1, 0.15) is 19.3 Å². The first-order chi connectivity index (χ1) is 42.8. The summed E-state index contributed by atoms with van der Waals surface area (Å²) in [7, 11) is -9.90. The summed E-state index contributed by atoms with van der Waals surface area (Å²) >= 11 is 0. The molecule has 0 aromatic rings. The van der Waals surface area contributed by atoms with Crippen molar-refractivity contribution in [2.24, 2.45) is 17.8 Å². The summed E-state index contributed by atoms with van der Waals surface area (Å²) in [5, 5.41) is 10.6. The number of phosphoric acid groups is 2. The van der Waals surface area contributed by atoms with Crippen LogP contribution in [0.5, 0.6) is 0 Å². The van der Waals surface area contributed by atoms with E-state index in [1.807, 2.05) is 0 Å². The first-order valence-corrected chi connectivity index (χ1v) is 39.4. The summed E-state index contributed by atoms with van der Waals surface area (Å²) < 4.78 is 68.3. The van der Waals surface area contributed by atoms with E-state index in [0.29, 0.717) is 31.6 Å². The molecule has 0 spiro atoms. The zero-order valence-corrected chi connectivity index (χ0v) is 59.7. The largest absolute Gasteiger partial charge is 0.472 e. The van der Waals surface area contributed by atoms with Crippen molar-refractivity contribution in [2.75, 3.05) is 39.6 Å². The van der Waals surface area contributed by atoms with Crippen LogP contribution in [-0.2, 0) is 65.4 Å². The Kier molecular flexibility index (Phi) is 59.6. The summed E-state index contributed by atoms with van der Waals surface area (Å²) in [6, 6.07) is 0. The number of carbonyl (C=O) groups excluding carboxylic acids is 4. The van der Waals surface area contributed by atoms with E-state index in [4.69, 9.17) is 37.0 Å². The third-order valence-corrected chi connectivity index (χ3v) is 18.4. The molecule has 0 amide bonds. The first kappa shape index (κ1) is 87.1. The average Bonchev–Trinajstić information content (AvgIpc) is 3.61. The number of esters is 4. The maximum Gasteiger partial charge on any atom is 0.472 e. The van der Waals surface area contributed by atoms with Crippen molar-refractivity contribution in [3.8, 4) is 0 Å². The predicted octanol–water partition coefficient (Wildman–Crippen LogP) is 19.8. The van der Waals surface area contributed by atoms with Gasteiger partial charge in [-0.3, -0.25) is 37.3 Å². The molecule has 0 rings (SSSR count). The fourth-order valence-electron chi connectivity index (χ4n) is 10.5. The van der Waals surface area contributed by atoms with Gasteiger partial charge in [0, 0.05) is 25.7 Å². The molecule has 17 nitrogen and oxygen atoms in total. The molecule has 3 N–H and O–H groups in total. The number of ether oxygens (including phenoxy) is 4. The third kappa shape index (κ3) is 63.2. The molecule has 89 heavy (non-hydrogen) atoms. The highest BCUT2D eigenvalue weighted by Crippen LogP contribution is 2.45. The van der Waals surface area contributed by atoms with Crippen molar-refractivity contribution in [1.82, 2.24) is 0 Å². The molecular formula is C70H136O17P2. The van der Waals surface area contributed by atoms with Crippen molar-refractivity contribution in [2.45, 2.75) is 369 Å². The lowest BCUT2D eigenvalue weighted by Crippen LogP contribution is -2.30. The Bertz CT molecular complexity index is 1750. The highest BCUT2D eigenvalue weighted by atomic mass is 31.2. The molecule has 0 fully saturated rings. The number of unbranched alkanes of at least 4 members (excludes halogenated alkanes) is 35. The minimum atomic E-state index is -4.95. The quantitative estimate of drug-likeness (QED) is 0.0222. The number of carbonyl (C=O) groups is 4. The Labute approximate surface area is 543 Å². The molecule has 0 aromatic carbocycles. The maximum absolute atomic E-state index is 13.0. The van der Waals surface area contributed by atoms with Gasteiger partial charge in [-0.15, -0.1) is 0 Å². The molecule has 3 unspecified atom stereocenters. The van der Waals surface area contributed by atoms with Gasteiger partial charge in [0.15, 0.2) is 12.2 Å². The molecule has 0 saturated carbocycles. The molecule has 0 aromatic heterocycles. The van der Waals surface area contributed by atoms with Gasteiger partial charge in [0.25, 0.3) is 0 Å². The van der Waals surface area contributed by atoms with Crippen molar-refractivity contribution in [3.05, 3.63) is 0 Å². The van der Waals surface area contributed by atoms with Crippen molar-refractivity contribution in [1.29, 1.82) is 0 Å². The molecule has 0 radical (unpaired) electrons. The number of aliphatic hydroxyl groups excluding tert-OH is 1. The van der Waals surface area contributed by atoms with Crippen molar-refractivity contribution < 1.29 is 80.2 Å². The number of phosphoric ester groups is 2. The Hall–Kier alpha value is -1.94. The molecule has 19 heteroatoms. The second kappa shape index (κ2) is 61.0. The van der Waals surface area contributed by atoms with Crippen molar-refractivity contribution >= 4 is 39.5 Å². The molecule has 0 aliphatic heterocycles. The summed E-state index contributed by atoms with van der Waals surface area (Å²) in [6.45, 7) is 11.8. The molecule has 0 saturated heterocycles. The second-order valence-electron chi connectivity index (χ2n) is 26.5. The summed E-state index contributed by atoms with van der Waals surface area (Å²) in [5.41, 5.74) is 0. The topological polar surface area (TPSA) is 237 Å². The first-order valence-electron chi connectivity index (χ1n) is 36.4. The lowest BCUT2D eigenvalue weighted by molar-refractivity contribution is -0.161. The summed E-state index contributed by atoms with van der Waals surface area (Å²) in [5.74, 6) is 0.0907. The van der Waals surface area contributed by atoms with E-state index in [0.717, 1.165) is 108 Å². The fraction of sp³-hybridized carbons (Fsp3) is 0.943. The zero-order chi connectivity index (χ0) is 65.9. The SMILES string of the molecule is CCCCCCCCCCCCCCCCCC(=O)O[C@H](COC(=O)CCCCCCCCCCCC(C)C)COP(=O)(O)OC[C@@H](O)COP(=O)(O)OC[C@@H](COC(=O)CCCCCCCCCC(C)C)OC(=O)CCCCCCCCCCC(C)CC. The van der Waals surface area contributed by atoms with Gasteiger partial charge in [-0.05, 0) is 43.4 Å². The minimum absolute atomic E-state index is 0.104. The van der Waals surface area contributed by atoms with Crippen molar-refractivity contribution in [3.63, 3.8) is 0 Å². The summed E-state index contributed by atoms with van der Waals surface area (Å²) in [4.78, 5) is 72.5. The predicted molar refractivity (Wildman–Crippen MR) is 358 cm³/mol. The molecule has 0 aliphatic carbocycles. The fourth-order valence-corrected chi connectivity index (χ4v) is 12.1. The van der Waals surface area contributed by atoms with Gasteiger partial charge in [-0.1, -0.05) is 299 Å². The van der Waals surface area contributed by atoms with Gasteiger partial charge in [-0.25, -0.2) is 9.13 Å². The van der Waals surface area contributed by atoms with Crippen LogP contribution in [0.25, 0.3) is 0 Å². The second-order valence-corrected chi connectivity index (χ2v) is 29.4. The number of hydrogen-bond acceptors (Lipinski definition) is 15. The van der Waals surface area contributed by atoms with E-state index in [-0.39, 0.29) is 25.7 Å². The maximum atomic E-state index is 13.0. The molecular weight excluding hydrogens is 1170 g/mol. The van der Waals surface area contributed by atoms with E-state index in [9.17, 15) is 43.2 Å². The lowest BCUT2D eigenvalue weighted by Gasteiger charge is -2.21. The molecule has 0 aliphatic rings. The highest BCUT2D eigenvalue weighted by molar-refractivity contribution is 7.47. The Morgan fingerprint density at radius 2 is 0.573 bits per heavy atom. The van der Waals surface area contributed by atoms with Crippen LogP contribution < -0.4 is 0 Å². The lowest BCUT2D eigenvalue weighted by atomic mass is 9.99. The van der Waals surface area contributed by atoms with Gasteiger partial charge < -0.3 is 33.8 Å². The Morgan fingerprint density at radius 1 is 0.326 bits per heavy atom. The molecule has 0 heterocycles. The van der Waals surface area contributed by atoms with Crippen LogP contribution in [0.4, 0.5) is 0 Å². The van der Waals surface area contributed by atoms with E-state index >= 15 is 0 Å². The van der Waals surface area contributed by atoms with Gasteiger partial charge in [0.2, 0.25) is 0 Å². The normalized spacial score (nSPS) is 14.5. The average molecular weight is 1310 g/mol. The Balaban J connectivity index is 5.26.